The van der Waals surface area contributed by atoms with Crippen LogP contribution in [-0.2, 0) is 22.5 Å². The number of nitrogens with one attached hydrogen (secondary N) is 1. The molecular formula is C28H30N2O3. The molecule has 1 saturated heterocycles. The number of hydrogen-bond acceptors (Lipinski definition) is 3. The summed E-state index contributed by atoms with van der Waals surface area (Å²) in [6.45, 7) is 3.82. The largest absolute Gasteiger partial charge is 0.376 e. The summed E-state index contributed by atoms with van der Waals surface area (Å²) >= 11 is 0. The molecule has 0 spiro atoms. The van der Waals surface area contributed by atoms with Crippen molar-refractivity contribution in [2.24, 2.45) is 0 Å². The highest BCUT2D eigenvalue weighted by atomic mass is 16.5. The second kappa shape index (κ2) is 10.9. The molecule has 5 heteroatoms. The van der Waals surface area contributed by atoms with Gasteiger partial charge in [0.15, 0.2) is 0 Å². The van der Waals surface area contributed by atoms with E-state index in [1.54, 1.807) is 4.90 Å². The third kappa shape index (κ3) is 6.30. The molecule has 33 heavy (non-hydrogen) atoms. The van der Waals surface area contributed by atoms with Gasteiger partial charge in [0.1, 0.15) is 0 Å². The Morgan fingerprint density at radius 1 is 0.939 bits per heavy atom. The first-order valence-corrected chi connectivity index (χ1v) is 11.5. The van der Waals surface area contributed by atoms with Crippen LogP contribution in [0.15, 0.2) is 78.9 Å². The molecule has 0 saturated carbocycles. The van der Waals surface area contributed by atoms with Crippen molar-refractivity contribution < 1.29 is 14.3 Å². The normalized spacial score (nSPS) is 15.2. The van der Waals surface area contributed by atoms with E-state index in [-0.39, 0.29) is 17.9 Å². The van der Waals surface area contributed by atoms with Crippen LogP contribution in [0.1, 0.15) is 39.9 Å². The molecule has 1 aliphatic rings. The Kier molecular flexibility index (Phi) is 7.53. The average molecular weight is 443 g/mol. The van der Waals surface area contributed by atoms with Crippen LogP contribution < -0.4 is 10.2 Å². The standard InChI is InChI=1S/C28H30N2O3/c1-21-9-13-24(14-10-21)28(32)30(20-23-6-3-2-4-7-23)25-15-11-22(12-16-25)18-27(31)29-19-26-8-5-17-33-26/h2-4,6-7,9-16,26H,5,8,17-20H2,1H3,(H,29,31)/t26-/m1/s1. The van der Waals surface area contributed by atoms with Crippen LogP contribution in [0.5, 0.6) is 0 Å². The van der Waals surface area contributed by atoms with Crippen LogP contribution in [0.2, 0.25) is 0 Å². The van der Waals surface area contributed by atoms with Crippen LogP contribution in [0.4, 0.5) is 5.69 Å². The van der Waals surface area contributed by atoms with E-state index in [1.165, 1.54) is 0 Å². The first-order chi connectivity index (χ1) is 16.1. The predicted octanol–water partition coefficient (Wildman–Crippen LogP) is 4.68. The van der Waals surface area contributed by atoms with E-state index in [9.17, 15) is 9.59 Å². The molecule has 1 fully saturated rings. The van der Waals surface area contributed by atoms with Gasteiger partial charge in [-0.05, 0) is 55.2 Å². The van der Waals surface area contributed by atoms with E-state index < -0.39 is 0 Å². The Labute approximate surface area is 195 Å². The quantitative estimate of drug-likeness (QED) is 0.551. The van der Waals surface area contributed by atoms with Crippen molar-refractivity contribution in [3.8, 4) is 0 Å². The van der Waals surface area contributed by atoms with Gasteiger partial charge in [-0.2, -0.15) is 0 Å². The molecule has 0 aromatic heterocycles. The van der Waals surface area contributed by atoms with Gasteiger partial charge in [-0.3, -0.25) is 9.59 Å². The van der Waals surface area contributed by atoms with Gasteiger partial charge in [0, 0.05) is 24.4 Å². The molecule has 0 radical (unpaired) electrons. The van der Waals surface area contributed by atoms with Crippen molar-refractivity contribution in [2.45, 2.75) is 38.8 Å². The molecular weight excluding hydrogens is 412 g/mol. The Morgan fingerprint density at radius 2 is 1.67 bits per heavy atom. The van der Waals surface area contributed by atoms with Crippen molar-refractivity contribution >= 4 is 17.5 Å². The molecule has 0 bridgehead atoms. The number of amides is 2. The van der Waals surface area contributed by atoms with Crippen molar-refractivity contribution in [3.05, 3.63) is 101 Å². The number of nitrogens with zero attached hydrogens (tertiary/aromatic N) is 1. The summed E-state index contributed by atoms with van der Waals surface area (Å²) in [4.78, 5) is 27.5. The number of rotatable bonds is 8. The van der Waals surface area contributed by atoms with Gasteiger partial charge in [-0.15, -0.1) is 0 Å². The third-order valence-corrected chi connectivity index (χ3v) is 5.89. The Hall–Kier alpha value is -3.44. The van der Waals surface area contributed by atoms with Gasteiger partial charge in [0.05, 0.1) is 19.1 Å². The zero-order valence-electron chi connectivity index (χ0n) is 19.0. The minimum Gasteiger partial charge on any atom is -0.376 e. The molecule has 170 valence electrons. The monoisotopic (exact) mass is 442 g/mol. The van der Waals surface area contributed by atoms with E-state index in [0.717, 1.165) is 41.8 Å². The van der Waals surface area contributed by atoms with Crippen LogP contribution in [0.3, 0.4) is 0 Å². The van der Waals surface area contributed by atoms with E-state index in [4.69, 9.17) is 4.74 Å². The summed E-state index contributed by atoms with van der Waals surface area (Å²) in [7, 11) is 0. The minimum absolute atomic E-state index is 0.0184. The summed E-state index contributed by atoms with van der Waals surface area (Å²) in [5.74, 6) is -0.0731. The molecule has 2 amide bonds. The lowest BCUT2D eigenvalue weighted by atomic mass is 10.1. The molecule has 5 nitrogen and oxygen atoms in total. The summed E-state index contributed by atoms with van der Waals surface area (Å²) in [5.41, 5.74) is 4.52. The van der Waals surface area contributed by atoms with Gasteiger partial charge in [-0.25, -0.2) is 0 Å². The number of benzene rings is 3. The highest BCUT2D eigenvalue weighted by Crippen LogP contribution is 2.22. The fourth-order valence-corrected chi connectivity index (χ4v) is 3.97. The first kappa shape index (κ1) is 22.7. The summed E-state index contributed by atoms with van der Waals surface area (Å²) in [6.07, 6.45) is 2.50. The second-order valence-corrected chi connectivity index (χ2v) is 8.53. The van der Waals surface area contributed by atoms with Gasteiger partial charge >= 0.3 is 0 Å². The number of carbonyl (C=O) groups excluding carboxylic acids is 2. The topological polar surface area (TPSA) is 58.6 Å². The minimum atomic E-state index is -0.0547. The number of ether oxygens (including phenoxy) is 1. The highest BCUT2D eigenvalue weighted by molar-refractivity contribution is 6.06. The lowest BCUT2D eigenvalue weighted by molar-refractivity contribution is -0.120. The zero-order valence-corrected chi connectivity index (χ0v) is 19.0. The van der Waals surface area contributed by atoms with Gasteiger partial charge in [0.25, 0.3) is 5.91 Å². The van der Waals surface area contributed by atoms with Crippen LogP contribution >= 0.6 is 0 Å². The summed E-state index contributed by atoms with van der Waals surface area (Å²) in [6, 6.07) is 25.2. The Balaban J connectivity index is 1.47. The molecule has 3 aromatic rings. The van der Waals surface area contributed by atoms with E-state index in [1.807, 2.05) is 85.8 Å². The molecule has 1 atom stereocenters. The summed E-state index contributed by atoms with van der Waals surface area (Å²) in [5, 5.41) is 2.96. The van der Waals surface area contributed by atoms with E-state index >= 15 is 0 Å². The lowest BCUT2D eigenvalue weighted by Gasteiger charge is -2.23. The maximum atomic E-state index is 13.4. The molecule has 1 heterocycles. The number of carbonyl (C=O) groups is 2. The second-order valence-electron chi connectivity index (χ2n) is 8.53. The third-order valence-electron chi connectivity index (χ3n) is 5.89. The SMILES string of the molecule is Cc1ccc(C(=O)N(Cc2ccccc2)c2ccc(CC(=O)NC[C@H]3CCCO3)cc2)cc1. The van der Waals surface area contributed by atoms with Gasteiger partial charge in [-0.1, -0.05) is 60.2 Å². The molecule has 0 unspecified atom stereocenters. The molecule has 1 aliphatic heterocycles. The highest BCUT2D eigenvalue weighted by Gasteiger charge is 2.19. The van der Waals surface area contributed by atoms with Crippen LogP contribution in [0, 0.1) is 6.92 Å². The molecule has 4 rings (SSSR count). The lowest BCUT2D eigenvalue weighted by Crippen LogP contribution is -2.32. The van der Waals surface area contributed by atoms with E-state index in [2.05, 4.69) is 5.32 Å². The fraction of sp³-hybridized carbons (Fsp3) is 0.286. The van der Waals surface area contributed by atoms with Crippen molar-refractivity contribution in [1.29, 1.82) is 0 Å². The molecule has 1 N–H and O–H groups in total. The number of hydrogen-bond donors (Lipinski definition) is 1. The Bertz CT molecular complexity index is 1060. The van der Waals surface area contributed by atoms with Gasteiger partial charge < -0.3 is 15.0 Å². The van der Waals surface area contributed by atoms with Crippen molar-refractivity contribution in [3.63, 3.8) is 0 Å². The number of anilines is 1. The van der Waals surface area contributed by atoms with Crippen LogP contribution in [0.25, 0.3) is 0 Å². The zero-order chi connectivity index (χ0) is 23.0. The van der Waals surface area contributed by atoms with E-state index in [0.29, 0.717) is 25.1 Å². The maximum Gasteiger partial charge on any atom is 0.258 e. The number of aryl methyl sites for hydroxylation is 1. The average Bonchev–Trinajstić information content (AvgIpc) is 3.36. The molecule has 0 aliphatic carbocycles. The first-order valence-electron chi connectivity index (χ1n) is 11.5. The van der Waals surface area contributed by atoms with Crippen molar-refractivity contribution in [1.82, 2.24) is 5.32 Å². The van der Waals surface area contributed by atoms with Gasteiger partial charge in [0.2, 0.25) is 5.91 Å². The van der Waals surface area contributed by atoms with Crippen molar-refractivity contribution in [2.75, 3.05) is 18.1 Å². The maximum absolute atomic E-state index is 13.4. The predicted molar refractivity (Wildman–Crippen MR) is 130 cm³/mol. The Morgan fingerprint density at radius 3 is 2.33 bits per heavy atom. The van der Waals surface area contributed by atoms with Crippen LogP contribution in [-0.4, -0.2) is 31.1 Å². The summed E-state index contributed by atoms with van der Waals surface area (Å²) < 4.78 is 5.56. The fourth-order valence-electron chi connectivity index (χ4n) is 3.97. The smallest absolute Gasteiger partial charge is 0.258 e. The molecule has 3 aromatic carbocycles.